The second kappa shape index (κ2) is 9.67. The Morgan fingerprint density at radius 2 is 1.83 bits per heavy atom. The number of hydrogen-bond donors (Lipinski definition) is 1. The standard InChI is InChI=1S/C24H29N3O2S/c1-18-7-9-19(10-8-18)22-6-3-11-27(22)17-23(28)25-21-5-2-4-20(16-21)24(29)26-12-14-30-15-13-26/h2,4-5,7-10,16,22H,3,6,11-15,17H2,1H3,(H,25,28). The second-order valence-electron chi connectivity index (χ2n) is 8.07. The number of likely N-dealkylation sites (tertiary alicyclic amines) is 1. The Kier molecular flexibility index (Phi) is 6.75. The first-order valence-corrected chi connectivity index (χ1v) is 11.8. The van der Waals surface area contributed by atoms with E-state index in [1.165, 1.54) is 11.1 Å². The number of nitrogens with zero attached hydrogens (tertiary/aromatic N) is 2. The van der Waals surface area contributed by atoms with E-state index < -0.39 is 0 Å². The fourth-order valence-corrected chi connectivity index (χ4v) is 5.15. The maximum Gasteiger partial charge on any atom is 0.253 e. The summed E-state index contributed by atoms with van der Waals surface area (Å²) in [6, 6.07) is 16.2. The predicted octanol–water partition coefficient (Wildman–Crippen LogP) is 3.96. The van der Waals surface area contributed by atoms with Crippen molar-refractivity contribution in [3.05, 3.63) is 65.2 Å². The van der Waals surface area contributed by atoms with Crippen LogP contribution in [0.2, 0.25) is 0 Å². The number of rotatable bonds is 5. The van der Waals surface area contributed by atoms with Gasteiger partial charge in [-0.1, -0.05) is 35.9 Å². The van der Waals surface area contributed by atoms with E-state index in [4.69, 9.17) is 0 Å². The number of amides is 2. The zero-order valence-corrected chi connectivity index (χ0v) is 18.3. The summed E-state index contributed by atoms with van der Waals surface area (Å²) in [7, 11) is 0. The maximum atomic E-state index is 12.7. The Bertz CT molecular complexity index is 894. The molecule has 0 bridgehead atoms. The Morgan fingerprint density at radius 3 is 2.60 bits per heavy atom. The first-order chi connectivity index (χ1) is 14.6. The number of nitrogens with one attached hydrogen (secondary N) is 1. The van der Waals surface area contributed by atoms with E-state index in [-0.39, 0.29) is 11.8 Å². The first-order valence-electron chi connectivity index (χ1n) is 10.7. The molecule has 2 amide bonds. The number of benzene rings is 2. The molecule has 158 valence electrons. The molecule has 2 aromatic carbocycles. The van der Waals surface area contributed by atoms with E-state index in [2.05, 4.69) is 41.4 Å². The van der Waals surface area contributed by atoms with Gasteiger partial charge in [0.1, 0.15) is 0 Å². The molecule has 2 heterocycles. The van der Waals surface area contributed by atoms with Crippen molar-refractivity contribution in [3.8, 4) is 0 Å². The molecule has 0 saturated carbocycles. The molecule has 1 N–H and O–H groups in total. The van der Waals surface area contributed by atoms with Gasteiger partial charge in [-0.25, -0.2) is 0 Å². The molecule has 30 heavy (non-hydrogen) atoms. The maximum absolute atomic E-state index is 12.7. The van der Waals surface area contributed by atoms with E-state index in [1.807, 2.05) is 34.9 Å². The third kappa shape index (κ3) is 5.05. The molecule has 5 nitrogen and oxygen atoms in total. The summed E-state index contributed by atoms with van der Waals surface area (Å²) < 4.78 is 0. The average Bonchev–Trinajstić information content (AvgIpc) is 3.22. The smallest absolute Gasteiger partial charge is 0.253 e. The van der Waals surface area contributed by atoms with Gasteiger partial charge in [0.05, 0.1) is 6.54 Å². The number of thioether (sulfide) groups is 1. The number of aryl methyl sites for hydroxylation is 1. The Balaban J connectivity index is 1.38. The second-order valence-corrected chi connectivity index (χ2v) is 9.30. The molecule has 4 rings (SSSR count). The van der Waals surface area contributed by atoms with Crippen LogP contribution in [0.5, 0.6) is 0 Å². The molecule has 6 heteroatoms. The van der Waals surface area contributed by atoms with Crippen molar-refractivity contribution in [1.29, 1.82) is 0 Å². The monoisotopic (exact) mass is 423 g/mol. The van der Waals surface area contributed by atoms with E-state index in [9.17, 15) is 9.59 Å². The van der Waals surface area contributed by atoms with E-state index >= 15 is 0 Å². The van der Waals surface area contributed by atoms with Crippen LogP contribution >= 0.6 is 11.8 Å². The molecule has 0 aliphatic carbocycles. The molecule has 1 unspecified atom stereocenters. The third-order valence-electron chi connectivity index (χ3n) is 5.86. The summed E-state index contributed by atoms with van der Waals surface area (Å²) in [5, 5.41) is 2.99. The molecule has 2 aliphatic rings. The van der Waals surface area contributed by atoms with Gasteiger partial charge < -0.3 is 10.2 Å². The number of anilines is 1. The molecule has 2 aromatic rings. The highest BCUT2D eigenvalue weighted by atomic mass is 32.2. The lowest BCUT2D eigenvalue weighted by molar-refractivity contribution is -0.117. The lowest BCUT2D eigenvalue weighted by Gasteiger charge is -2.26. The summed E-state index contributed by atoms with van der Waals surface area (Å²) in [5.41, 5.74) is 3.85. The van der Waals surface area contributed by atoms with Crippen LogP contribution in [0.4, 0.5) is 5.69 Å². The highest BCUT2D eigenvalue weighted by molar-refractivity contribution is 7.99. The van der Waals surface area contributed by atoms with Crippen LogP contribution < -0.4 is 5.32 Å². The Hall–Kier alpha value is -2.31. The first kappa shape index (κ1) is 20.9. The number of hydrogen-bond acceptors (Lipinski definition) is 4. The summed E-state index contributed by atoms with van der Waals surface area (Å²) in [6.07, 6.45) is 2.18. The van der Waals surface area contributed by atoms with Crippen LogP contribution in [-0.2, 0) is 4.79 Å². The fraction of sp³-hybridized carbons (Fsp3) is 0.417. The minimum atomic E-state index is -0.0343. The number of carbonyl (C=O) groups is 2. The van der Waals surface area contributed by atoms with Crippen molar-refractivity contribution in [2.24, 2.45) is 0 Å². The average molecular weight is 424 g/mol. The molecule has 1 atom stereocenters. The van der Waals surface area contributed by atoms with Gasteiger partial charge in [-0.05, 0) is 50.1 Å². The molecule has 0 spiro atoms. The van der Waals surface area contributed by atoms with Crippen molar-refractivity contribution in [2.75, 3.05) is 43.0 Å². The normalized spacial score (nSPS) is 19.6. The Labute approximate surface area is 182 Å². The quantitative estimate of drug-likeness (QED) is 0.791. The minimum absolute atomic E-state index is 0.0343. The summed E-state index contributed by atoms with van der Waals surface area (Å²) in [4.78, 5) is 29.6. The SMILES string of the molecule is Cc1ccc(C2CCCN2CC(=O)Nc2cccc(C(=O)N3CCSCC3)c2)cc1. The van der Waals surface area contributed by atoms with Crippen LogP contribution in [0.15, 0.2) is 48.5 Å². The zero-order chi connectivity index (χ0) is 20.9. The molecule has 0 radical (unpaired) electrons. The molecule has 2 saturated heterocycles. The highest BCUT2D eigenvalue weighted by Gasteiger charge is 2.27. The molecular weight excluding hydrogens is 394 g/mol. The van der Waals surface area contributed by atoms with Crippen LogP contribution in [0.1, 0.15) is 40.4 Å². The van der Waals surface area contributed by atoms with Crippen molar-refractivity contribution < 1.29 is 9.59 Å². The van der Waals surface area contributed by atoms with Gasteiger partial charge >= 0.3 is 0 Å². The Morgan fingerprint density at radius 1 is 1.07 bits per heavy atom. The van der Waals surface area contributed by atoms with E-state index in [0.29, 0.717) is 23.8 Å². The molecular formula is C24H29N3O2S. The third-order valence-corrected chi connectivity index (χ3v) is 6.81. The van der Waals surface area contributed by atoms with E-state index in [0.717, 1.165) is 44.0 Å². The van der Waals surface area contributed by atoms with E-state index in [1.54, 1.807) is 6.07 Å². The van der Waals surface area contributed by atoms with Crippen LogP contribution in [0.3, 0.4) is 0 Å². The van der Waals surface area contributed by atoms with Crippen molar-refractivity contribution in [1.82, 2.24) is 9.80 Å². The van der Waals surface area contributed by atoms with Crippen molar-refractivity contribution in [3.63, 3.8) is 0 Å². The molecule has 0 aromatic heterocycles. The fourth-order valence-electron chi connectivity index (χ4n) is 4.25. The predicted molar refractivity (Wildman–Crippen MR) is 123 cm³/mol. The van der Waals surface area contributed by atoms with Crippen LogP contribution in [-0.4, -0.2) is 59.3 Å². The van der Waals surface area contributed by atoms with Gasteiger partial charge in [-0.3, -0.25) is 14.5 Å². The largest absolute Gasteiger partial charge is 0.337 e. The van der Waals surface area contributed by atoms with Gasteiger partial charge in [0.25, 0.3) is 5.91 Å². The van der Waals surface area contributed by atoms with Crippen molar-refractivity contribution in [2.45, 2.75) is 25.8 Å². The van der Waals surface area contributed by atoms with Gasteiger partial charge in [0, 0.05) is 41.9 Å². The lowest BCUT2D eigenvalue weighted by atomic mass is 10.0. The van der Waals surface area contributed by atoms with Gasteiger partial charge in [-0.2, -0.15) is 11.8 Å². The van der Waals surface area contributed by atoms with Gasteiger partial charge in [0.2, 0.25) is 5.91 Å². The zero-order valence-electron chi connectivity index (χ0n) is 17.5. The highest BCUT2D eigenvalue weighted by Crippen LogP contribution is 2.31. The van der Waals surface area contributed by atoms with Crippen LogP contribution in [0.25, 0.3) is 0 Å². The summed E-state index contributed by atoms with van der Waals surface area (Å²) >= 11 is 1.88. The minimum Gasteiger partial charge on any atom is -0.337 e. The topological polar surface area (TPSA) is 52.7 Å². The van der Waals surface area contributed by atoms with Crippen LogP contribution in [0, 0.1) is 6.92 Å². The number of carbonyl (C=O) groups excluding carboxylic acids is 2. The summed E-state index contributed by atoms with van der Waals surface area (Å²) in [5.74, 6) is 1.98. The molecule has 2 aliphatic heterocycles. The molecule has 2 fully saturated rings. The van der Waals surface area contributed by atoms with Crippen molar-refractivity contribution >= 4 is 29.3 Å². The van der Waals surface area contributed by atoms with Gasteiger partial charge in [0.15, 0.2) is 0 Å². The summed E-state index contributed by atoms with van der Waals surface area (Å²) in [6.45, 7) is 4.95. The lowest BCUT2D eigenvalue weighted by Crippen LogP contribution is -2.38. The van der Waals surface area contributed by atoms with Gasteiger partial charge in [-0.15, -0.1) is 0 Å².